The van der Waals surface area contributed by atoms with Crippen molar-refractivity contribution in [2.75, 3.05) is 6.54 Å². The Morgan fingerprint density at radius 2 is 2.06 bits per heavy atom. The number of amides is 1. The third-order valence-corrected chi connectivity index (χ3v) is 2.53. The minimum absolute atomic E-state index is 0.0361. The van der Waals surface area contributed by atoms with E-state index in [1.54, 1.807) is 6.08 Å². The zero-order valence-corrected chi connectivity index (χ0v) is 10.7. The molecule has 18 heavy (non-hydrogen) atoms. The van der Waals surface area contributed by atoms with E-state index < -0.39 is 0 Å². The molecule has 0 saturated heterocycles. The summed E-state index contributed by atoms with van der Waals surface area (Å²) in [6.07, 6.45) is 7.64. The van der Waals surface area contributed by atoms with E-state index in [9.17, 15) is 4.79 Å². The van der Waals surface area contributed by atoms with Gasteiger partial charge in [0.15, 0.2) is 0 Å². The highest BCUT2D eigenvalue weighted by Gasteiger charge is 2.04. The first-order chi connectivity index (χ1) is 8.74. The Balaban J connectivity index is 2.28. The monoisotopic (exact) mass is 244 g/mol. The normalized spacial score (nSPS) is 13.0. The van der Waals surface area contributed by atoms with Crippen LogP contribution < -0.4 is 11.1 Å². The predicted octanol–water partition coefficient (Wildman–Crippen LogP) is 2.33. The number of allylic oxidation sites excluding steroid dienone is 3. The maximum Gasteiger partial charge on any atom is 0.243 e. The molecule has 0 aliphatic rings. The fourth-order valence-electron chi connectivity index (χ4n) is 1.53. The molecule has 1 atom stereocenters. The molecule has 3 nitrogen and oxygen atoms in total. The lowest BCUT2D eigenvalue weighted by molar-refractivity contribution is -0.116. The number of hydrogen-bond donors (Lipinski definition) is 2. The Labute approximate surface area is 108 Å². The van der Waals surface area contributed by atoms with Gasteiger partial charge in [-0.3, -0.25) is 4.79 Å². The van der Waals surface area contributed by atoms with Gasteiger partial charge in [0.2, 0.25) is 5.91 Å². The van der Waals surface area contributed by atoms with Gasteiger partial charge in [-0.1, -0.05) is 48.6 Å². The van der Waals surface area contributed by atoms with Crippen molar-refractivity contribution in [1.29, 1.82) is 0 Å². The van der Waals surface area contributed by atoms with E-state index in [4.69, 9.17) is 5.73 Å². The fraction of sp³-hybridized carbons (Fsp3) is 0.267. The van der Waals surface area contributed by atoms with Crippen molar-refractivity contribution in [2.45, 2.75) is 19.4 Å². The van der Waals surface area contributed by atoms with Gasteiger partial charge in [-0.05, 0) is 18.9 Å². The second-order valence-electron chi connectivity index (χ2n) is 3.98. The second kappa shape index (κ2) is 8.25. The largest absolute Gasteiger partial charge is 0.352 e. The molecule has 0 fully saturated rings. The highest BCUT2D eigenvalue weighted by atomic mass is 16.1. The maximum atomic E-state index is 11.4. The lowest BCUT2D eigenvalue weighted by Gasteiger charge is -2.11. The molecule has 1 rings (SSSR count). The van der Waals surface area contributed by atoms with Crippen molar-refractivity contribution >= 4 is 5.91 Å². The van der Waals surface area contributed by atoms with Gasteiger partial charge in [0.25, 0.3) is 0 Å². The zero-order valence-electron chi connectivity index (χ0n) is 10.7. The lowest BCUT2D eigenvalue weighted by Crippen LogP contribution is -2.25. The molecule has 0 aliphatic heterocycles. The van der Waals surface area contributed by atoms with Gasteiger partial charge in [0, 0.05) is 18.7 Å². The van der Waals surface area contributed by atoms with Gasteiger partial charge in [-0.2, -0.15) is 0 Å². The van der Waals surface area contributed by atoms with Crippen LogP contribution in [0.5, 0.6) is 0 Å². The molecule has 0 aliphatic carbocycles. The summed E-state index contributed by atoms with van der Waals surface area (Å²) in [5, 5.41) is 2.80. The van der Waals surface area contributed by atoms with E-state index in [2.05, 4.69) is 5.32 Å². The smallest absolute Gasteiger partial charge is 0.243 e. The van der Waals surface area contributed by atoms with Crippen molar-refractivity contribution in [1.82, 2.24) is 5.32 Å². The first-order valence-electron chi connectivity index (χ1n) is 6.11. The summed E-state index contributed by atoms with van der Waals surface area (Å²) in [6.45, 7) is 2.48. The minimum Gasteiger partial charge on any atom is -0.352 e. The van der Waals surface area contributed by atoms with E-state index >= 15 is 0 Å². The molecule has 1 unspecified atom stereocenters. The number of carbonyl (C=O) groups excluding carboxylic acids is 1. The van der Waals surface area contributed by atoms with Crippen molar-refractivity contribution < 1.29 is 4.79 Å². The minimum atomic E-state index is -0.0895. The first-order valence-corrected chi connectivity index (χ1v) is 6.11. The number of nitrogens with two attached hydrogens (primary N) is 1. The van der Waals surface area contributed by atoms with Gasteiger partial charge in [0.05, 0.1) is 0 Å². The molecule has 1 aromatic carbocycles. The number of carbonyl (C=O) groups is 1. The van der Waals surface area contributed by atoms with Crippen LogP contribution in [0, 0.1) is 0 Å². The quantitative estimate of drug-likeness (QED) is 0.596. The summed E-state index contributed by atoms with van der Waals surface area (Å²) in [6, 6.07) is 9.85. The third-order valence-electron chi connectivity index (χ3n) is 2.53. The zero-order chi connectivity index (χ0) is 13.2. The molecule has 1 aromatic rings. The molecule has 96 valence electrons. The molecule has 3 N–H and O–H groups in total. The number of nitrogens with one attached hydrogen (secondary N) is 1. The number of benzene rings is 1. The summed E-state index contributed by atoms with van der Waals surface area (Å²) in [5.74, 6) is -0.0895. The molecular weight excluding hydrogens is 224 g/mol. The Morgan fingerprint density at radius 3 is 2.72 bits per heavy atom. The van der Waals surface area contributed by atoms with Gasteiger partial charge in [-0.15, -0.1) is 0 Å². The Morgan fingerprint density at radius 1 is 1.33 bits per heavy atom. The van der Waals surface area contributed by atoms with Crippen LogP contribution in [-0.4, -0.2) is 12.5 Å². The molecule has 0 spiro atoms. The van der Waals surface area contributed by atoms with Gasteiger partial charge < -0.3 is 11.1 Å². The summed E-state index contributed by atoms with van der Waals surface area (Å²) in [5.41, 5.74) is 7.12. The van der Waals surface area contributed by atoms with Crippen LogP contribution in [0.25, 0.3) is 0 Å². The topological polar surface area (TPSA) is 55.1 Å². The number of rotatable bonds is 6. The van der Waals surface area contributed by atoms with Crippen molar-refractivity contribution in [2.24, 2.45) is 5.73 Å². The van der Waals surface area contributed by atoms with Crippen LogP contribution in [0.2, 0.25) is 0 Å². The summed E-state index contributed by atoms with van der Waals surface area (Å²) >= 11 is 0. The van der Waals surface area contributed by atoms with Gasteiger partial charge >= 0.3 is 0 Å². The van der Waals surface area contributed by atoms with Crippen molar-refractivity contribution in [3.05, 3.63) is 60.2 Å². The molecule has 1 amide bonds. The fourth-order valence-corrected chi connectivity index (χ4v) is 1.53. The molecule has 0 heterocycles. The van der Waals surface area contributed by atoms with Crippen LogP contribution in [0.4, 0.5) is 0 Å². The Bertz CT molecular complexity index is 410. The van der Waals surface area contributed by atoms with E-state index in [0.29, 0.717) is 6.54 Å². The van der Waals surface area contributed by atoms with Crippen LogP contribution in [0.1, 0.15) is 24.9 Å². The highest BCUT2D eigenvalue weighted by Crippen LogP contribution is 2.11. The number of hydrogen-bond acceptors (Lipinski definition) is 2. The molecule has 0 aromatic heterocycles. The molecule has 3 heteroatoms. The predicted molar refractivity (Wildman–Crippen MR) is 75.0 cm³/mol. The van der Waals surface area contributed by atoms with Crippen molar-refractivity contribution in [3.8, 4) is 0 Å². The molecular formula is C15H20N2O. The summed E-state index contributed by atoms with van der Waals surface area (Å²) in [7, 11) is 0. The van der Waals surface area contributed by atoms with Gasteiger partial charge in [0.1, 0.15) is 0 Å². The van der Waals surface area contributed by atoms with E-state index in [-0.39, 0.29) is 11.9 Å². The van der Waals surface area contributed by atoms with Crippen LogP contribution in [-0.2, 0) is 4.79 Å². The first kappa shape index (κ1) is 14.2. The van der Waals surface area contributed by atoms with Crippen LogP contribution in [0.15, 0.2) is 54.6 Å². The average Bonchev–Trinajstić information content (AvgIpc) is 2.40. The van der Waals surface area contributed by atoms with E-state index in [1.807, 2.05) is 49.4 Å². The Hall–Kier alpha value is -1.87. The summed E-state index contributed by atoms with van der Waals surface area (Å²) < 4.78 is 0. The SMILES string of the molecule is C/C=C/C=CC(=O)NCCC(N)c1ccccc1. The maximum absolute atomic E-state index is 11.4. The third kappa shape index (κ3) is 5.46. The lowest BCUT2D eigenvalue weighted by atomic mass is 10.1. The van der Waals surface area contributed by atoms with Crippen LogP contribution >= 0.6 is 0 Å². The van der Waals surface area contributed by atoms with Crippen molar-refractivity contribution in [3.63, 3.8) is 0 Å². The summed E-state index contributed by atoms with van der Waals surface area (Å²) in [4.78, 5) is 11.4. The molecule has 0 bridgehead atoms. The van der Waals surface area contributed by atoms with E-state index in [1.165, 1.54) is 6.08 Å². The average molecular weight is 244 g/mol. The van der Waals surface area contributed by atoms with Gasteiger partial charge in [-0.25, -0.2) is 0 Å². The van der Waals surface area contributed by atoms with E-state index in [0.717, 1.165) is 12.0 Å². The Kier molecular flexibility index (Phi) is 6.51. The standard InChI is InChI=1S/C15H20N2O/c1-2-3-5-10-15(18)17-12-11-14(16)13-8-6-4-7-9-13/h2-10,14H,11-12,16H2,1H3,(H,17,18)/b3-2+,10-5?. The highest BCUT2D eigenvalue weighted by molar-refractivity contribution is 5.87. The molecule has 0 radical (unpaired) electrons. The molecule has 0 saturated carbocycles. The van der Waals surface area contributed by atoms with Crippen LogP contribution in [0.3, 0.4) is 0 Å². The second-order valence-corrected chi connectivity index (χ2v) is 3.98.